The number of fused-ring (bicyclic) bond motifs is 1. The van der Waals surface area contributed by atoms with Gasteiger partial charge in [-0.2, -0.15) is 0 Å². The fraction of sp³-hybridized carbons (Fsp3) is 0.318. The van der Waals surface area contributed by atoms with Crippen LogP contribution in [0.25, 0.3) is 22.3 Å². The second kappa shape index (κ2) is 8.77. The Morgan fingerprint density at radius 1 is 0.969 bits per heavy atom. The number of rotatable bonds is 5. The quantitative estimate of drug-likeness (QED) is 0.370. The molecule has 5 N–H and O–H groups in total. The van der Waals surface area contributed by atoms with Crippen molar-refractivity contribution in [2.45, 2.75) is 30.7 Å². The molecule has 0 saturated carbocycles. The number of phenolic OH excluding ortho intramolecular Hbond substituents is 1. The molecule has 1 aromatic heterocycles. The molecule has 3 aromatic rings. The van der Waals surface area contributed by atoms with Crippen molar-refractivity contribution in [1.82, 2.24) is 0 Å². The molecular formula is C22H22O10. The van der Waals surface area contributed by atoms with Gasteiger partial charge in [0.1, 0.15) is 58.4 Å². The van der Waals surface area contributed by atoms with Crippen LogP contribution in [-0.2, 0) is 4.74 Å². The summed E-state index contributed by atoms with van der Waals surface area (Å²) in [6.07, 6.45) is -6.96. The zero-order chi connectivity index (χ0) is 23.0. The first kappa shape index (κ1) is 22.1. The van der Waals surface area contributed by atoms with E-state index in [-0.39, 0.29) is 28.2 Å². The van der Waals surface area contributed by atoms with E-state index in [2.05, 4.69) is 0 Å². The van der Waals surface area contributed by atoms with Gasteiger partial charge in [0.25, 0.3) is 0 Å². The third-order valence-electron chi connectivity index (χ3n) is 5.26. The van der Waals surface area contributed by atoms with Crippen LogP contribution in [0.3, 0.4) is 0 Å². The number of ether oxygens (including phenoxy) is 3. The van der Waals surface area contributed by atoms with Gasteiger partial charge in [0.15, 0.2) is 5.43 Å². The van der Waals surface area contributed by atoms with Crippen molar-refractivity contribution in [3.05, 3.63) is 52.7 Å². The Labute approximate surface area is 181 Å². The van der Waals surface area contributed by atoms with E-state index in [4.69, 9.17) is 18.6 Å². The van der Waals surface area contributed by atoms with Gasteiger partial charge in [0.05, 0.1) is 13.7 Å². The first-order chi connectivity index (χ1) is 15.3. The molecule has 0 aliphatic carbocycles. The van der Waals surface area contributed by atoms with Gasteiger partial charge in [-0.3, -0.25) is 4.79 Å². The molecule has 4 rings (SSSR count). The van der Waals surface area contributed by atoms with Crippen molar-refractivity contribution >= 4 is 11.0 Å². The van der Waals surface area contributed by atoms with Gasteiger partial charge in [0, 0.05) is 23.8 Å². The zero-order valence-electron chi connectivity index (χ0n) is 16.9. The molecule has 10 heteroatoms. The van der Waals surface area contributed by atoms with Crippen LogP contribution in [0.15, 0.2) is 51.7 Å². The van der Waals surface area contributed by atoms with Gasteiger partial charge in [-0.05, 0) is 24.3 Å². The summed E-state index contributed by atoms with van der Waals surface area (Å²) >= 11 is 0. The largest absolute Gasteiger partial charge is 0.507 e. The van der Waals surface area contributed by atoms with E-state index in [9.17, 15) is 30.3 Å². The maximum atomic E-state index is 12.5. The molecule has 5 atom stereocenters. The molecule has 1 aliphatic heterocycles. The molecule has 1 fully saturated rings. The number of aliphatic hydroxyl groups is 4. The van der Waals surface area contributed by atoms with Crippen LogP contribution in [0.4, 0.5) is 0 Å². The van der Waals surface area contributed by atoms with Gasteiger partial charge in [-0.1, -0.05) is 0 Å². The number of aromatic hydroxyl groups is 1. The van der Waals surface area contributed by atoms with Crippen molar-refractivity contribution in [3.8, 4) is 28.6 Å². The minimum absolute atomic E-state index is 0.0390. The lowest BCUT2D eigenvalue weighted by Crippen LogP contribution is -2.60. The Bertz CT molecular complexity index is 1150. The molecule has 170 valence electrons. The van der Waals surface area contributed by atoms with E-state index in [1.165, 1.54) is 37.4 Å². The third kappa shape index (κ3) is 4.01. The van der Waals surface area contributed by atoms with Gasteiger partial charge >= 0.3 is 0 Å². The molecule has 0 radical (unpaired) electrons. The number of hydrogen-bond acceptors (Lipinski definition) is 10. The smallest absolute Gasteiger partial charge is 0.229 e. The van der Waals surface area contributed by atoms with Gasteiger partial charge in [-0.15, -0.1) is 0 Å². The maximum absolute atomic E-state index is 12.5. The summed E-state index contributed by atoms with van der Waals surface area (Å²) in [5.41, 5.74) is 0.265. The molecule has 0 bridgehead atoms. The van der Waals surface area contributed by atoms with Crippen LogP contribution >= 0.6 is 0 Å². The molecule has 10 nitrogen and oxygen atoms in total. The summed E-state index contributed by atoms with van der Waals surface area (Å²) in [6.45, 7) is -0.564. The lowest BCUT2D eigenvalue weighted by molar-refractivity contribution is -0.277. The minimum Gasteiger partial charge on any atom is -0.507 e. The normalized spacial score (nSPS) is 25.6. The highest BCUT2D eigenvalue weighted by atomic mass is 16.7. The van der Waals surface area contributed by atoms with Crippen LogP contribution in [0, 0.1) is 0 Å². The SMILES string of the molecule is COc1cc(O)c2c(=O)cc(-c3ccc(O[C@@H]4O[C@H](CO)[C@H](O)[C@H](O)[C@H]4O)cc3)oc2c1. The van der Waals surface area contributed by atoms with E-state index < -0.39 is 42.7 Å². The summed E-state index contributed by atoms with van der Waals surface area (Å²) in [5.74, 6) is 0.594. The first-order valence-electron chi connectivity index (χ1n) is 9.75. The van der Waals surface area contributed by atoms with Gasteiger partial charge in [-0.25, -0.2) is 0 Å². The van der Waals surface area contributed by atoms with Crippen LogP contribution in [-0.4, -0.2) is 70.0 Å². The molecule has 32 heavy (non-hydrogen) atoms. The van der Waals surface area contributed by atoms with Crippen molar-refractivity contribution < 1.29 is 44.2 Å². The fourth-order valence-electron chi connectivity index (χ4n) is 3.50. The standard InChI is InChI=1S/C22H22O10/c1-29-12-6-13(24)18-14(25)8-15(31-16(18)7-12)10-2-4-11(5-3-10)30-22-21(28)20(27)19(26)17(9-23)32-22/h2-8,17,19-24,26-28H,9H2,1H3/t17-,19+,20+,21-,22-/m1/s1. The van der Waals surface area contributed by atoms with E-state index in [0.29, 0.717) is 11.3 Å². The summed E-state index contributed by atoms with van der Waals surface area (Å²) in [5, 5.41) is 49.2. The van der Waals surface area contributed by atoms with E-state index in [1.54, 1.807) is 12.1 Å². The van der Waals surface area contributed by atoms with E-state index in [0.717, 1.165) is 0 Å². The topological polar surface area (TPSA) is 159 Å². The highest BCUT2D eigenvalue weighted by Gasteiger charge is 2.44. The van der Waals surface area contributed by atoms with Gasteiger partial charge < -0.3 is 44.2 Å². The summed E-state index contributed by atoms with van der Waals surface area (Å²) < 4.78 is 21.7. The first-order valence-corrected chi connectivity index (χ1v) is 9.75. The zero-order valence-corrected chi connectivity index (χ0v) is 16.9. The molecule has 0 amide bonds. The second-order valence-corrected chi connectivity index (χ2v) is 7.33. The number of phenols is 1. The lowest BCUT2D eigenvalue weighted by atomic mass is 9.99. The maximum Gasteiger partial charge on any atom is 0.229 e. The Hall–Kier alpha value is -3.15. The Kier molecular flexibility index (Phi) is 6.04. The summed E-state index contributed by atoms with van der Waals surface area (Å²) in [4.78, 5) is 12.5. The molecule has 2 heterocycles. The Morgan fingerprint density at radius 3 is 2.34 bits per heavy atom. The van der Waals surface area contributed by atoms with Crippen LogP contribution < -0.4 is 14.9 Å². The van der Waals surface area contributed by atoms with Crippen molar-refractivity contribution in [3.63, 3.8) is 0 Å². The monoisotopic (exact) mass is 446 g/mol. The fourth-order valence-corrected chi connectivity index (χ4v) is 3.50. The highest BCUT2D eigenvalue weighted by molar-refractivity contribution is 5.86. The third-order valence-corrected chi connectivity index (χ3v) is 5.26. The van der Waals surface area contributed by atoms with Gasteiger partial charge in [0.2, 0.25) is 6.29 Å². The van der Waals surface area contributed by atoms with Crippen LogP contribution in [0.2, 0.25) is 0 Å². The number of aliphatic hydroxyl groups excluding tert-OH is 4. The molecule has 2 aromatic carbocycles. The minimum atomic E-state index is -1.55. The summed E-state index contributed by atoms with van der Waals surface area (Å²) in [6, 6.07) is 10.3. The average Bonchev–Trinajstić information content (AvgIpc) is 2.79. The van der Waals surface area contributed by atoms with Crippen LogP contribution in [0.1, 0.15) is 0 Å². The van der Waals surface area contributed by atoms with Crippen molar-refractivity contribution in [1.29, 1.82) is 0 Å². The summed E-state index contributed by atoms with van der Waals surface area (Å²) in [7, 11) is 1.43. The Morgan fingerprint density at radius 2 is 1.69 bits per heavy atom. The van der Waals surface area contributed by atoms with E-state index >= 15 is 0 Å². The number of methoxy groups -OCH3 is 1. The van der Waals surface area contributed by atoms with Crippen molar-refractivity contribution in [2.24, 2.45) is 0 Å². The predicted octanol–water partition coefficient (Wildman–Crippen LogP) is 0.353. The second-order valence-electron chi connectivity index (χ2n) is 7.33. The average molecular weight is 446 g/mol. The molecule has 1 saturated heterocycles. The number of benzene rings is 2. The molecule has 0 spiro atoms. The highest BCUT2D eigenvalue weighted by Crippen LogP contribution is 2.32. The Balaban J connectivity index is 1.59. The van der Waals surface area contributed by atoms with Crippen molar-refractivity contribution in [2.75, 3.05) is 13.7 Å². The van der Waals surface area contributed by atoms with Crippen LogP contribution in [0.5, 0.6) is 17.2 Å². The van der Waals surface area contributed by atoms with E-state index in [1.807, 2.05) is 0 Å². The number of hydrogen-bond donors (Lipinski definition) is 5. The predicted molar refractivity (Wildman–Crippen MR) is 111 cm³/mol. The lowest BCUT2D eigenvalue weighted by Gasteiger charge is -2.39. The molecule has 1 aliphatic rings. The molecular weight excluding hydrogens is 424 g/mol. The molecule has 0 unspecified atom stereocenters.